The summed E-state index contributed by atoms with van der Waals surface area (Å²) in [6.45, 7) is 3.42. The van der Waals surface area contributed by atoms with Crippen LogP contribution < -0.4 is 4.98 Å². The lowest BCUT2D eigenvalue weighted by atomic mass is 9.77. The summed E-state index contributed by atoms with van der Waals surface area (Å²) in [4.78, 5) is 3.84. The summed E-state index contributed by atoms with van der Waals surface area (Å²) in [6, 6.07) is 22.7. The number of hydrogen-bond donors (Lipinski definition) is 1. The average molecular weight is 402 g/mol. The lowest BCUT2D eigenvalue weighted by Gasteiger charge is -2.47. The molecule has 0 aromatic heterocycles. The van der Waals surface area contributed by atoms with E-state index in [2.05, 4.69) is 72.6 Å². The van der Waals surface area contributed by atoms with Crippen molar-refractivity contribution in [3.63, 3.8) is 0 Å². The fourth-order valence-corrected chi connectivity index (χ4v) is 14.3. The molecule has 146 valence electrons. The molecule has 1 fully saturated rings. The summed E-state index contributed by atoms with van der Waals surface area (Å²) < 4.78 is 18.3. The van der Waals surface area contributed by atoms with E-state index in [-0.39, 0.29) is 10.6 Å². The van der Waals surface area contributed by atoms with E-state index in [4.69, 9.17) is 13.3 Å². The Morgan fingerprint density at radius 1 is 0.889 bits per heavy atom. The highest BCUT2D eigenvalue weighted by Gasteiger charge is 2.60. The van der Waals surface area contributed by atoms with Crippen molar-refractivity contribution in [1.29, 1.82) is 0 Å². The maximum Gasteiger partial charge on any atom is 0.502 e. The molecule has 6 heteroatoms. The molecule has 1 heterocycles. The van der Waals surface area contributed by atoms with E-state index in [9.17, 15) is 0 Å². The average Bonchev–Trinajstić information content (AvgIpc) is 3.27. The highest BCUT2D eigenvalue weighted by Crippen LogP contribution is 2.50. The summed E-state index contributed by atoms with van der Waals surface area (Å²) in [5, 5.41) is 0.178. The summed E-state index contributed by atoms with van der Waals surface area (Å²) in [7, 11) is 0.911. The van der Waals surface area contributed by atoms with Crippen LogP contribution in [0.3, 0.4) is 0 Å². The van der Waals surface area contributed by atoms with Crippen LogP contribution >= 0.6 is 0 Å². The topological polar surface area (TPSA) is 39.7 Å². The summed E-state index contributed by atoms with van der Waals surface area (Å²) >= 11 is 0. The van der Waals surface area contributed by atoms with E-state index in [1.807, 2.05) is 0 Å². The van der Waals surface area contributed by atoms with Gasteiger partial charge in [0, 0.05) is 31.9 Å². The molecule has 1 saturated heterocycles. The fraction of sp³-hybridized carbons (Fsp3) is 0.429. The zero-order valence-corrected chi connectivity index (χ0v) is 18.9. The predicted molar refractivity (Wildman–Crippen MR) is 114 cm³/mol. The molecule has 1 N–H and O–H groups in total. The molecule has 0 amide bonds. The predicted octanol–water partition coefficient (Wildman–Crippen LogP) is 3.50. The van der Waals surface area contributed by atoms with Crippen LogP contribution in [0.15, 0.2) is 60.7 Å². The normalized spacial score (nSPS) is 19.2. The number of benzene rings is 2. The summed E-state index contributed by atoms with van der Waals surface area (Å²) in [6.07, 6.45) is 1.22. The smallest absolute Gasteiger partial charge is 0.377 e. The van der Waals surface area contributed by atoms with Crippen LogP contribution in [0.25, 0.3) is 0 Å². The molecule has 2 aromatic carbocycles. The van der Waals surface area contributed by atoms with Crippen molar-refractivity contribution in [2.75, 3.05) is 27.9 Å². The Hall–Kier alpha value is -1.29. The Balaban J connectivity index is 2.25. The van der Waals surface area contributed by atoms with Crippen molar-refractivity contribution in [1.82, 2.24) is 4.98 Å². The van der Waals surface area contributed by atoms with Gasteiger partial charge in [0.1, 0.15) is 8.96 Å². The molecular formula is C21H31NO3Si2. The highest BCUT2D eigenvalue weighted by atomic mass is 28.4. The van der Waals surface area contributed by atoms with Gasteiger partial charge in [0.15, 0.2) is 0 Å². The molecule has 0 bridgehead atoms. The molecule has 27 heavy (non-hydrogen) atoms. The van der Waals surface area contributed by atoms with Gasteiger partial charge in [0.05, 0.1) is 0 Å². The van der Waals surface area contributed by atoms with Crippen LogP contribution in [0.4, 0.5) is 0 Å². The SMILES string of the molecule is CO[Si](OC)(OC)C([SiH]1CCCN1)C(C)(c1ccccc1)c1ccccc1. The van der Waals surface area contributed by atoms with Crippen molar-refractivity contribution >= 4 is 17.8 Å². The van der Waals surface area contributed by atoms with Gasteiger partial charge in [-0.05, 0) is 30.1 Å². The second kappa shape index (κ2) is 8.81. The molecule has 0 saturated carbocycles. The van der Waals surface area contributed by atoms with E-state index < -0.39 is 17.8 Å². The first-order valence-electron chi connectivity index (χ1n) is 9.62. The van der Waals surface area contributed by atoms with Crippen molar-refractivity contribution in [2.24, 2.45) is 0 Å². The first kappa shape index (κ1) is 20.4. The van der Waals surface area contributed by atoms with Crippen molar-refractivity contribution < 1.29 is 13.3 Å². The molecule has 0 spiro atoms. The Morgan fingerprint density at radius 3 is 1.74 bits per heavy atom. The van der Waals surface area contributed by atoms with Crippen LogP contribution in [0.2, 0.25) is 11.2 Å². The summed E-state index contributed by atoms with van der Waals surface area (Å²) in [5.74, 6) is 0. The molecule has 2 atom stereocenters. The fourth-order valence-electron chi connectivity index (χ4n) is 4.72. The maximum absolute atomic E-state index is 6.09. The van der Waals surface area contributed by atoms with Gasteiger partial charge in [0.2, 0.25) is 0 Å². The Kier molecular flexibility index (Phi) is 6.67. The quantitative estimate of drug-likeness (QED) is 0.687. The number of hydrogen-bond acceptors (Lipinski definition) is 4. The second-order valence-corrected chi connectivity index (χ2v) is 13.9. The van der Waals surface area contributed by atoms with E-state index in [0.29, 0.717) is 0 Å². The largest absolute Gasteiger partial charge is 0.502 e. The number of nitrogens with one attached hydrogen (secondary N) is 1. The molecule has 2 aromatic rings. The van der Waals surface area contributed by atoms with E-state index >= 15 is 0 Å². The van der Waals surface area contributed by atoms with Crippen molar-refractivity contribution in [3.8, 4) is 0 Å². The maximum atomic E-state index is 6.09. The van der Waals surface area contributed by atoms with Crippen LogP contribution in [-0.2, 0) is 18.7 Å². The zero-order chi connectivity index (χ0) is 19.3. The minimum Gasteiger partial charge on any atom is -0.377 e. The van der Waals surface area contributed by atoms with Crippen LogP contribution in [0.5, 0.6) is 0 Å². The van der Waals surface area contributed by atoms with Crippen molar-refractivity contribution in [3.05, 3.63) is 71.8 Å². The van der Waals surface area contributed by atoms with Gasteiger partial charge in [-0.15, -0.1) is 0 Å². The molecule has 2 unspecified atom stereocenters. The minimum absolute atomic E-state index is 0.178. The first-order valence-corrected chi connectivity index (χ1v) is 13.5. The van der Waals surface area contributed by atoms with E-state index in [0.717, 1.165) is 6.54 Å². The number of rotatable bonds is 8. The third-order valence-electron chi connectivity index (χ3n) is 6.10. The lowest BCUT2D eigenvalue weighted by Crippen LogP contribution is -2.61. The van der Waals surface area contributed by atoms with Gasteiger partial charge in [0.25, 0.3) is 0 Å². The summed E-state index contributed by atoms with van der Waals surface area (Å²) in [5.41, 5.74) is 2.31. The van der Waals surface area contributed by atoms with Gasteiger partial charge >= 0.3 is 8.80 Å². The zero-order valence-electron chi connectivity index (χ0n) is 16.8. The van der Waals surface area contributed by atoms with Crippen LogP contribution in [0.1, 0.15) is 24.5 Å². The molecule has 0 aliphatic carbocycles. The molecule has 3 rings (SSSR count). The third-order valence-corrected chi connectivity index (χ3v) is 14.9. The first-order chi connectivity index (χ1) is 13.1. The van der Waals surface area contributed by atoms with Crippen LogP contribution in [-0.4, -0.2) is 45.6 Å². The molecular weight excluding hydrogens is 370 g/mol. The Bertz CT molecular complexity index is 656. The minimum atomic E-state index is -2.91. The van der Waals surface area contributed by atoms with Gasteiger partial charge < -0.3 is 18.3 Å². The molecule has 4 nitrogen and oxygen atoms in total. The molecule has 1 aliphatic heterocycles. The molecule has 1 aliphatic rings. The Morgan fingerprint density at radius 2 is 1.37 bits per heavy atom. The van der Waals surface area contributed by atoms with E-state index in [1.165, 1.54) is 23.6 Å². The van der Waals surface area contributed by atoms with Gasteiger partial charge in [-0.25, -0.2) is 0 Å². The second-order valence-electron chi connectivity index (χ2n) is 7.33. The van der Waals surface area contributed by atoms with Gasteiger partial charge in [-0.1, -0.05) is 67.6 Å². The van der Waals surface area contributed by atoms with Gasteiger partial charge in [-0.2, -0.15) is 0 Å². The van der Waals surface area contributed by atoms with Crippen LogP contribution in [0, 0.1) is 0 Å². The van der Waals surface area contributed by atoms with Gasteiger partial charge in [-0.3, -0.25) is 0 Å². The molecule has 0 radical (unpaired) electrons. The monoisotopic (exact) mass is 401 g/mol. The van der Waals surface area contributed by atoms with E-state index in [1.54, 1.807) is 21.3 Å². The van der Waals surface area contributed by atoms with Crippen molar-refractivity contribution in [2.45, 2.75) is 30.0 Å². The Labute approximate surface area is 165 Å². The standard InChI is InChI=1S/C21H31NO3Si2/c1-21(18-12-7-5-8-13-18,19-14-9-6-10-15-19)20(26-17-11-16-22-26)27(23-2,24-3)25-4/h5-10,12-15,20,22,26H,11,16-17H2,1-4H3. The highest BCUT2D eigenvalue weighted by molar-refractivity contribution is 6.81. The third kappa shape index (κ3) is 3.70. The lowest BCUT2D eigenvalue weighted by molar-refractivity contribution is 0.112.